The molecule has 1 heterocycles. The number of hydrogen-bond donors (Lipinski definition) is 1. The van der Waals surface area contributed by atoms with Crippen LogP contribution in [0.15, 0.2) is 65.6 Å². The maximum Gasteiger partial charge on any atom is 0.293 e. The van der Waals surface area contributed by atoms with Gasteiger partial charge >= 0.3 is 0 Å². The lowest BCUT2D eigenvalue weighted by Crippen LogP contribution is -2.27. The molecule has 1 aliphatic heterocycles. The van der Waals surface area contributed by atoms with Crippen LogP contribution in [0.1, 0.15) is 25.0 Å². The number of carbonyl (C=O) groups is 3. The third-order valence-electron chi connectivity index (χ3n) is 6.36. The van der Waals surface area contributed by atoms with Crippen molar-refractivity contribution in [3.8, 4) is 5.75 Å². The van der Waals surface area contributed by atoms with Crippen molar-refractivity contribution in [1.82, 2.24) is 4.90 Å². The van der Waals surface area contributed by atoms with Crippen molar-refractivity contribution in [2.75, 3.05) is 29.9 Å². The molecule has 0 unspecified atom stereocenters. The summed E-state index contributed by atoms with van der Waals surface area (Å²) in [5.41, 5.74) is 1.88. The van der Waals surface area contributed by atoms with E-state index >= 15 is 0 Å². The van der Waals surface area contributed by atoms with Gasteiger partial charge in [0.05, 0.1) is 16.4 Å². The summed E-state index contributed by atoms with van der Waals surface area (Å²) < 4.78 is 5.88. The summed E-state index contributed by atoms with van der Waals surface area (Å²) in [5, 5.41) is 13.8. The van der Waals surface area contributed by atoms with Gasteiger partial charge in [0.1, 0.15) is 5.75 Å². The summed E-state index contributed by atoms with van der Waals surface area (Å²) in [4.78, 5) is 52.5. The number of amides is 3. The van der Waals surface area contributed by atoms with E-state index in [1.807, 2.05) is 19.9 Å². The maximum atomic E-state index is 13.2. The average Bonchev–Trinajstić information content (AvgIpc) is 3.22. The molecule has 0 atom stereocenters. The van der Waals surface area contributed by atoms with E-state index in [0.29, 0.717) is 26.9 Å². The van der Waals surface area contributed by atoms with Gasteiger partial charge in [-0.25, -0.2) is 0 Å². The van der Waals surface area contributed by atoms with Crippen LogP contribution >= 0.6 is 35.0 Å². The smallest absolute Gasteiger partial charge is 0.293 e. The molecule has 3 aromatic rings. The first-order chi connectivity index (χ1) is 20.1. The minimum Gasteiger partial charge on any atom is -0.483 e. The van der Waals surface area contributed by atoms with Crippen LogP contribution in [0.25, 0.3) is 6.08 Å². The van der Waals surface area contributed by atoms with Crippen LogP contribution in [0.5, 0.6) is 5.75 Å². The number of nitro benzene ring substituents is 1. The Morgan fingerprint density at radius 3 is 2.43 bits per heavy atom. The molecule has 0 saturated carbocycles. The van der Waals surface area contributed by atoms with Gasteiger partial charge in [0.25, 0.3) is 22.7 Å². The van der Waals surface area contributed by atoms with E-state index in [1.165, 1.54) is 24.3 Å². The first-order valence-electron chi connectivity index (χ1n) is 12.9. The highest BCUT2D eigenvalue weighted by Gasteiger charge is 2.36. The first kappa shape index (κ1) is 30.9. The molecule has 0 aliphatic carbocycles. The molecule has 10 nitrogen and oxygen atoms in total. The second-order valence-corrected chi connectivity index (χ2v) is 10.8. The standard InChI is InChI=1S/C29H26Cl2N4O6S/c1-3-33(4-2)20-12-11-18(25(15-20)41-17-27(36)32-19-7-5-8-21(14-19)35(39)40)13-26-28(37)34(29(38)42-26)16-22-23(30)9-6-10-24(22)31/h5-15H,3-4,16-17H2,1-2H3,(H,32,36)/b26-13-. The van der Waals surface area contributed by atoms with Gasteiger partial charge in [0.2, 0.25) is 0 Å². The lowest BCUT2D eigenvalue weighted by atomic mass is 10.1. The molecule has 3 amide bonds. The molecule has 3 aromatic carbocycles. The number of nitrogens with one attached hydrogen (secondary N) is 1. The first-order valence-corrected chi connectivity index (χ1v) is 14.4. The number of carbonyl (C=O) groups excluding carboxylic acids is 3. The predicted molar refractivity (Wildman–Crippen MR) is 165 cm³/mol. The summed E-state index contributed by atoms with van der Waals surface area (Å²) in [6.45, 7) is 4.98. The Kier molecular flexibility index (Phi) is 10.1. The third-order valence-corrected chi connectivity index (χ3v) is 7.98. The van der Waals surface area contributed by atoms with Crippen molar-refractivity contribution in [1.29, 1.82) is 0 Å². The molecular weight excluding hydrogens is 603 g/mol. The molecule has 0 aromatic heterocycles. The molecule has 0 radical (unpaired) electrons. The number of rotatable bonds is 11. The number of nitrogens with zero attached hydrogens (tertiary/aromatic N) is 3. The molecule has 1 saturated heterocycles. The number of thioether (sulfide) groups is 1. The quantitative estimate of drug-likeness (QED) is 0.137. The van der Waals surface area contributed by atoms with E-state index in [4.69, 9.17) is 27.9 Å². The highest BCUT2D eigenvalue weighted by atomic mass is 35.5. The summed E-state index contributed by atoms with van der Waals surface area (Å²) in [6.07, 6.45) is 1.54. The molecular formula is C29H26Cl2N4O6S. The van der Waals surface area contributed by atoms with Crippen molar-refractivity contribution in [3.63, 3.8) is 0 Å². The summed E-state index contributed by atoms with van der Waals surface area (Å²) in [6, 6.07) is 15.9. The highest BCUT2D eigenvalue weighted by Crippen LogP contribution is 2.37. The highest BCUT2D eigenvalue weighted by molar-refractivity contribution is 8.18. The fraction of sp³-hybridized carbons (Fsp3) is 0.207. The van der Waals surface area contributed by atoms with Crippen molar-refractivity contribution >= 4 is 75.2 Å². The fourth-order valence-corrected chi connectivity index (χ4v) is 5.56. The van der Waals surface area contributed by atoms with Crippen molar-refractivity contribution < 1.29 is 24.0 Å². The second-order valence-electron chi connectivity index (χ2n) is 9.01. The van der Waals surface area contributed by atoms with Crippen LogP contribution in [0.2, 0.25) is 10.0 Å². The minimum atomic E-state index is -0.554. The van der Waals surface area contributed by atoms with E-state index in [1.54, 1.807) is 36.4 Å². The number of imide groups is 1. The van der Waals surface area contributed by atoms with Crippen LogP contribution < -0.4 is 15.0 Å². The molecule has 4 rings (SSSR count). The number of ether oxygens (including phenoxy) is 1. The van der Waals surface area contributed by atoms with E-state index in [-0.39, 0.29) is 22.8 Å². The largest absolute Gasteiger partial charge is 0.483 e. The van der Waals surface area contributed by atoms with Crippen LogP contribution in [0, 0.1) is 10.1 Å². The van der Waals surface area contributed by atoms with Crippen molar-refractivity contribution in [2.45, 2.75) is 20.4 Å². The zero-order chi connectivity index (χ0) is 30.4. The van der Waals surface area contributed by atoms with Gasteiger partial charge in [-0.3, -0.25) is 29.4 Å². The van der Waals surface area contributed by atoms with Crippen LogP contribution in [0.3, 0.4) is 0 Å². The minimum absolute atomic E-state index is 0.0808. The lowest BCUT2D eigenvalue weighted by molar-refractivity contribution is -0.384. The third kappa shape index (κ3) is 7.22. The molecule has 1 aliphatic rings. The second kappa shape index (κ2) is 13.7. The van der Waals surface area contributed by atoms with Crippen LogP contribution in [0.4, 0.5) is 21.9 Å². The van der Waals surface area contributed by atoms with E-state index in [9.17, 15) is 24.5 Å². The zero-order valence-corrected chi connectivity index (χ0v) is 25.0. The molecule has 1 N–H and O–H groups in total. The summed E-state index contributed by atoms with van der Waals surface area (Å²) >= 11 is 13.3. The predicted octanol–water partition coefficient (Wildman–Crippen LogP) is 7.00. The van der Waals surface area contributed by atoms with E-state index in [0.717, 1.165) is 35.4 Å². The Morgan fingerprint density at radius 1 is 1.07 bits per heavy atom. The normalized spacial score (nSPS) is 13.9. The van der Waals surface area contributed by atoms with Gasteiger partial charge in [-0.05, 0) is 62.0 Å². The Hall–Kier alpha value is -4.06. The van der Waals surface area contributed by atoms with Gasteiger partial charge < -0.3 is 15.0 Å². The molecule has 13 heteroatoms. The Balaban J connectivity index is 1.57. The van der Waals surface area contributed by atoms with Gasteiger partial charge in [-0.1, -0.05) is 35.3 Å². The average molecular weight is 630 g/mol. The van der Waals surface area contributed by atoms with Crippen LogP contribution in [-0.4, -0.2) is 46.6 Å². The summed E-state index contributed by atoms with van der Waals surface area (Å²) in [7, 11) is 0. The van der Waals surface area contributed by atoms with Gasteiger partial charge in [0.15, 0.2) is 6.61 Å². The Morgan fingerprint density at radius 2 is 1.76 bits per heavy atom. The van der Waals surface area contributed by atoms with Crippen LogP contribution in [-0.2, 0) is 16.1 Å². The fourth-order valence-electron chi connectivity index (χ4n) is 4.21. The molecule has 1 fully saturated rings. The monoisotopic (exact) mass is 628 g/mol. The maximum absolute atomic E-state index is 13.2. The Bertz CT molecular complexity index is 1560. The van der Waals surface area contributed by atoms with E-state index < -0.39 is 28.6 Å². The number of anilines is 2. The molecule has 0 spiro atoms. The van der Waals surface area contributed by atoms with Gasteiger partial charge in [0, 0.05) is 63.8 Å². The molecule has 0 bridgehead atoms. The Labute approximate surface area is 256 Å². The number of hydrogen-bond acceptors (Lipinski definition) is 8. The zero-order valence-electron chi connectivity index (χ0n) is 22.6. The number of nitro groups is 1. The SMILES string of the molecule is CCN(CC)c1ccc(/C=C2\SC(=O)N(Cc3c(Cl)cccc3Cl)C2=O)c(OCC(=O)Nc2cccc([N+](=O)[O-])c2)c1. The van der Waals surface area contributed by atoms with E-state index in [2.05, 4.69) is 10.2 Å². The molecule has 42 heavy (non-hydrogen) atoms. The molecule has 218 valence electrons. The van der Waals surface area contributed by atoms with Gasteiger partial charge in [-0.2, -0.15) is 0 Å². The lowest BCUT2D eigenvalue weighted by Gasteiger charge is -2.22. The van der Waals surface area contributed by atoms with Gasteiger partial charge in [-0.15, -0.1) is 0 Å². The van der Waals surface area contributed by atoms with Crippen molar-refractivity contribution in [2.24, 2.45) is 0 Å². The topological polar surface area (TPSA) is 122 Å². The number of halogens is 2. The number of non-ortho nitro benzene ring substituents is 1. The van der Waals surface area contributed by atoms with Crippen molar-refractivity contribution in [3.05, 3.63) is 96.9 Å². The summed E-state index contributed by atoms with van der Waals surface area (Å²) in [5.74, 6) is -0.732. The number of benzene rings is 3.